The highest BCUT2D eigenvalue weighted by atomic mass is 16.7. The summed E-state index contributed by atoms with van der Waals surface area (Å²) in [6.07, 6.45) is 4.14. The van der Waals surface area contributed by atoms with Gasteiger partial charge in [-0.3, -0.25) is 0 Å². The molecule has 0 atom stereocenters. The highest BCUT2D eigenvalue weighted by Crippen LogP contribution is 2.35. The Morgan fingerprint density at radius 1 is 1.46 bits per heavy atom. The van der Waals surface area contributed by atoms with Crippen molar-refractivity contribution in [3.63, 3.8) is 0 Å². The van der Waals surface area contributed by atoms with Gasteiger partial charge in [-0.1, -0.05) is 0 Å². The van der Waals surface area contributed by atoms with E-state index < -0.39 is 0 Å². The first kappa shape index (κ1) is 10.5. The van der Waals surface area contributed by atoms with E-state index in [9.17, 15) is 0 Å². The van der Waals surface area contributed by atoms with E-state index in [1.54, 1.807) is 7.11 Å². The van der Waals surface area contributed by atoms with Crippen molar-refractivity contribution in [2.24, 2.45) is 5.41 Å². The second kappa shape index (κ2) is 4.59. The fourth-order valence-corrected chi connectivity index (χ4v) is 1.67. The third-order valence-electron chi connectivity index (χ3n) is 2.73. The first-order chi connectivity index (χ1) is 6.20. The molecule has 13 heavy (non-hydrogen) atoms. The summed E-state index contributed by atoms with van der Waals surface area (Å²) < 4.78 is 10.3. The SMILES string of the molecule is COCOC1CCC(C)(C#N)CC1. The molecule has 0 amide bonds. The summed E-state index contributed by atoms with van der Waals surface area (Å²) >= 11 is 0. The number of ether oxygens (including phenoxy) is 2. The summed E-state index contributed by atoms with van der Waals surface area (Å²) in [6.45, 7) is 2.40. The zero-order valence-corrected chi connectivity index (χ0v) is 8.38. The molecule has 0 bridgehead atoms. The fraction of sp³-hybridized carbons (Fsp3) is 0.900. The van der Waals surface area contributed by atoms with Gasteiger partial charge >= 0.3 is 0 Å². The van der Waals surface area contributed by atoms with E-state index in [0.29, 0.717) is 12.9 Å². The van der Waals surface area contributed by atoms with Crippen molar-refractivity contribution < 1.29 is 9.47 Å². The van der Waals surface area contributed by atoms with Crippen LogP contribution in [0.5, 0.6) is 0 Å². The van der Waals surface area contributed by atoms with E-state index in [1.165, 1.54) is 0 Å². The van der Waals surface area contributed by atoms with Crippen molar-refractivity contribution in [1.82, 2.24) is 0 Å². The maximum Gasteiger partial charge on any atom is 0.146 e. The topological polar surface area (TPSA) is 42.2 Å². The van der Waals surface area contributed by atoms with Crippen LogP contribution in [0.25, 0.3) is 0 Å². The van der Waals surface area contributed by atoms with Crippen LogP contribution in [0.15, 0.2) is 0 Å². The van der Waals surface area contributed by atoms with E-state index in [0.717, 1.165) is 25.7 Å². The molecule has 0 N–H and O–H groups in total. The highest BCUT2D eigenvalue weighted by Gasteiger charge is 2.31. The van der Waals surface area contributed by atoms with Crippen LogP contribution in [-0.2, 0) is 9.47 Å². The molecule has 1 rings (SSSR count). The van der Waals surface area contributed by atoms with Crippen molar-refractivity contribution in [1.29, 1.82) is 5.26 Å². The first-order valence-corrected chi connectivity index (χ1v) is 4.72. The van der Waals surface area contributed by atoms with Gasteiger partial charge in [-0.05, 0) is 32.6 Å². The van der Waals surface area contributed by atoms with Crippen LogP contribution in [0.3, 0.4) is 0 Å². The van der Waals surface area contributed by atoms with Crippen LogP contribution >= 0.6 is 0 Å². The molecule has 3 nitrogen and oxygen atoms in total. The maximum atomic E-state index is 8.90. The Labute approximate surface area is 79.6 Å². The lowest BCUT2D eigenvalue weighted by Gasteiger charge is -2.31. The second-order valence-electron chi connectivity index (χ2n) is 3.95. The Morgan fingerprint density at radius 2 is 2.08 bits per heavy atom. The Kier molecular flexibility index (Phi) is 3.71. The minimum Gasteiger partial charge on any atom is -0.359 e. The van der Waals surface area contributed by atoms with Crippen molar-refractivity contribution in [2.75, 3.05) is 13.9 Å². The fourth-order valence-electron chi connectivity index (χ4n) is 1.67. The molecule has 0 unspecified atom stereocenters. The number of rotatable bonds is 3. The predicted octanol–water partition coefficient (Wildman–Crippen LogP) is 2.08. The molecule has 0 aromatic rings. The molecule has 1 aliphatic carbocycles. The van der Waals surface area contributed by atoms with E-state index in [2.05, 4.69) is 6.07 Å². The molecule has 74 valence electrons. The number of hydrogen-bond acceptors (Lipinski definition) is 3. The highest BCUT2D eigenvalue weighted by molar-refractivity contribution is 4.98. The summed E-state index contributed by atoms with van der Waals surface area (Å²) in [6, 6.07) is 2.37. The molecule has 1 fully saturated rings. The Balaban J connectivity index is 2.27. The van der Waals surface area contributed by atoms with Crippen molar-refractivity contribution in [2.45, 2.75) is 38.7 Å². The minimum absolute atomic E-state index is 0.118. The van der Waals surface area contributed by atoms with Gasteiger partial charge in [0.15, 0.2) is 0 Å². The molecule has 0 spiro atoms. The van der Waals surface area contributed by atoms with Crippen molar-refractivity contribution in [3.8, 4) is 6.07 Å². The van der Waals surface area contributed by atoms with Gasteiger partial charge < -0.3 is 9.47 Å². The van der Waals surface area contributed by atoms with Crippen molar-refractivity contribution in [3.05, 3.63) is 0 Å². The minimum atomic E-state index is -0.118. The lowest BCUT2D eigenvalue weighted by atomic mass is 9.76. The Hall–Kier alpha value is -0.590. The average Bonchev–Trinajstić information content (AvgIpc) is 2.17. The Bertz CT molecular complexity index is 190. The third kappa shape index (κ3) is 2.98. The van der Waals surface area contributed by atoms with Crippen LogP contribution in [0, 0.1) is 16.7 Å². The molecule has 0 heterocycles. The summed E-state index contributed by atoms with van der Waals surface area (Å²) in [5.74, 6) is 0. The number of nitriles is 1. The zero-order valence-electron chi connectivity index (χ0n) is 8.38. The number of methoxy groups -OCH3 is 1. The number of nitrogens with zero attached hydrogens (tertiary/aromatic N) is 1. The van der Waals surface area contributed by atoms with Gasteiger partial charge in [0.25, 0.3) is 0 Å². The average molecular weight is 183 g/mol. The van der Waals surface area contributed by atoms with E-state index in [-0.39, 0.29) is 5.41 Å². The smallest absolute Gasteiger partial charge is 0.146 e. The molecule has 0 aromatic heterocycles. The predicted molar refractivity (Wildman–Crippen MR) is 48.9 cm³/mol. The monoisotopic (exact) mass is 183 g/mol. The van der Waals surface area contributed by atoms with Gasteiger partial charge in [0.2, 0.25) is 0 Å². The molecule has 0 saturated heterocycles. The normalized spacial score (nSPS) is 34.1. The molecule has 0 radical (unpaired) electrons. The zero-order chi connectivity index (χ0) is 9.73. The van der Waals surface area contributed by atoms with Gasteiger partial charge in [0.1, 0.15) is 6.79 Å². The number of hydrogen-bond donors (Lipinski definition) is 0. The lowest BCUT2D eigenvalue weighted by molar-refractivity contribution is -0.0883. The summed E-state index contributed by atoms with van der Waals surface area (Å²) in [4.78, 5) is 0. The van der Waals surface area contributed by atoms with Gasteiger partial charge in [0, 0.05) is 7.11 Å². The molecule has 3 heteroatoms. The van der Waals surface area contributed by atoms with Crippen molar-refractivity contribution >= 4 is 0 Å². The van der Waals surface area contributed by atoms with Crippen LogP contribution in [0.4, 0.5) is 0 Å². The first-order valence-electron chi connectivity index (χ1n) is 4.72. The summed E-state index contributed by atoms with van der Waals surface area (Å²) in [5.41, 5.74) is -0.118. The van der Waals surface area contributed by atoms with Gasteiger partial charge in [-0.15, -0.1) is 0 Å². The molecule has 1 saturated carbocycles. The third-order valence-corrected chi connectivity index (χ3v) is 2.73. The summed E-state index contributed by atoms with van der Waals surface area (Å²) in [7, 11) is 1.63. The lowest BCUT2D eigenvalue weighted by Crippen LogP contribution is -2.28. The molecule has 0 aliphatic heterocycles. The van der Waals surface area contributed by atoms with Gasteiger partial charge in [-0.25, -0.2) is 0 Å². The Morgan fingerprint density at radius 3 is 2.54 bits per heavy atom. The maximum absolute atomic E-state index is 8.90. The van der Waals surface area contributed by atoms with Gasteiger partial charge in [-0.2, -0.15) is 5.26 Å². The van der Waals surface area contributed by atoms with E-state index >= 15 is 0 Å². The molecule has 1 aliphatic rings. The molecular weight excluding hydrogens is 166 g/mol. The quantitative estimate of drug-likeness (QED) is 0.629. The van der Waals surface area contributed by atoms with Crippen LogP contribution in [0.1, 0.15) is 32.6 Å². The second-order valence-corrected chi connectivity index (χ2v) is 3.95. The van der Waals surface area contributed by atoms with Gasteiger partial charge in [0.05, 0.1) is 17.6 Å². The molecule has 0 aromatic carbocycles. The van der Waals surface area contributed by atoms with E-state index in [4.69, 9.17) is 14.7 Å². The van der Waals surface area contributed by atoms with Crippen LogP contribution in [-0.4, -0.2) is 20.0 Å². The van der Waals surface area contributed by atoms with Crippen LogP contribution in [0.2, 0.25) is 0 Å². The largest absolute Gasteiger partial charge is 0.359 e. The van der Waals surface area contributed by atoms with E-state index in [1.807, 2.05) is 6.92 Å². The summed E-state index contributed by atoms with van der Waals surface area (Å²) in [5, 5.41) is 8.90. The van der Waals surface area contributed by atoms with Crippen LogP contribution < -0.4 is 0 Å². The molecular formula is C10H17NO2. The standard InChI is InChI=1S/C10H17NO2/c1-10(7-11)5-3-9(4-6-10)13-8-12-2/h9H,3-6,8H2,1-2H3.